The Morgan fingerprint density at radius 2 is 1.72 bits per heavy atom. The number of alkyl halides is 4. The maximum Gasteiger partial charge on any atom is 0.406 e. The first-order chi connectivity index (χ1) is 22.4. The fraction of sp³-hybridized carbons (Fsp3) is 0.500. The van der Waals surface area contributed by atoms with Crippen molar-refractivity contribution in [3.05, 3.63) is 48.2 Å². The van der Waals surface area contributed by atoms with Crippen molar-refractivity contribution in [2.75, 3.05) is 64.6 Å². The van der Waals surface area contributed by atoms with Gasteiger partial charge in [-0.25, -0.2) is 17.9 Å². The maximum atomic E-state index is 13.7. The minimum atomic E-state index is -4.48. The van der Waals surface area contributed by atoms with Crippen LogP contribution in [0.2, 0.25) is 0 Å². The molecule has 0 spiro atoms. The number of ether oxygens (including phenoxy) is 3. The number of nitrogens with one attached hydrogen (secondary N) is 2. The third-order valence-electron chi connectivity index (χ3n) is 8.10. The minimum absolute atomic E-state index is 0.0506. The molecule has 2 aromatic carbocycles. The van der Waals surface area contributed by atoms with Crippen LogP contribution in [0, 0.1) is 11.8 Å². The van der Waals surface area contributed by atoms with Crippen molar-refractivity contribution >= 4 is 32.3 Å². The van der Waals surface area contributed by atoms with Gasteiger partial charge in [0.2, 0.25) is 16.9 Å². The number of sulfonamides is 1. The van der Waals surface area contributed by atoms with Gasteiger partial charge in [0.1, 0.15) is 12.3 Å². The van der Waals surface area contributed by atoms with Crippen LogP contribution in [0.4, 0.5) is 28.9 Å². The summed E-state index contributed by atoms with van der Waals surface area (Å²) in [5.41, 5.74) is 1.56. The molecule has 1 aromatic heterocycles. The van der Waals surface area contributed by atoms with Crippen LogP contribution in [0.3, 0.4) is 0 Å². The van der Waals surface area contributed by atoms with Crippen LogP contribution in [0.1, 0.15) is 31.4 Å². The number of nitrogens with zero attached hydrogens (tertiary/aromatic N) is 2. The van der Waals surface area contributed by atoms with Crippen LogP contribution < -0.4 is 20.5 Å². The standard InChI is InChI=1S/C32H41F4N5O5S/c1-44-17-15-40(16-18-45-2)24-10-8-23(9-11-24)39-28-6-3-7-30-27(28)19-25(41(30)21-32(34,35)36)5-4-14-38-29-13-12-26(47(37,42)43)20-31(29)46-22-33/h3,6-7,12-13,19-20,23-24,38-39H,8-11,14-18,21-22H2,1-2H3,(H2,37,42,43). The molecule has 1 fully saturated rings. The van der Waals surface area contributed by atoms with Gasteiger partial charge in [-0.3, -0.25) is 4.90 Å². The average Bonchev–Trinajstić information content (AvgIpc) is 3.36. The zero-order valence-corrected chi connectivity index (χ0v) is 27.2. The van der Waals surface area contributed by atoms with Gasteiger partial charge < -0.3 is 29.4 Å². The lowest BCUT2D eigenvalue weighted by Crippen LogP contribution is -2.43. The van der Waals surface area contributed by atoms with Crippen molar-refractivity contribution in [3.8, 4) is 17.6 Å². The Balaban J connectivity index is 1.51. The summed E-state index contributed by atoms with van der Waals surface area (Å²) in [7, 11) is -0.673. The van der Waals surface area contributed by atoms with Gasteiger partial charge in [0.25, 0.3) is 0 Å². The lowest BCUT2D eigenvalue weighted by molar-refractivity contribution is -0.140. The van der Waals surface area contributed by atoms with Gasteiger partial charge in [-0.15, -0.1) is 0 Å². The van der Waals surface area contributed by atoms with E-state index in [0.717, 1.165) is 55.1 Å². The van der Waals surface area contributed by atoms with E-state index in [9.17, 15) is 26.0 Å². The molecule has 0 radical (unpaired) electrons. The molecular weight excluding hydrogens is 642 g/mol. The van der Waals surface area contributed by atoms with Gasteiger partial charge in [-0.1, -0.05) is 12.0 Å². The summed E-state index contributed by atoms with van der Waals surface area (Å²) in [4.78, 5) is 2.13. The SMILES string of the molecule is COCCN(CCOC)C1CCC(Nc2cccc3c2cc(C#CCNc2ccc(S(N)(=O)=O)cc2OCF)n3CC(F)(F)F)CC1. The number of hydrogen-bond acceptors (Lipinski definition) is 8. The van der Waals surface area contributed by atoms with Crippen molar-refractivity contribution in [2.45, 2.75) is 55.4 Å². The summed E-state index contributed by atoms with van der Waals surface area (Å²) in [6.45, 7) is 0.448. The average molecular weight is 684 g/mol. The van der Waals surface area contributed by atoms with Gasteiger partial charge in [-0.2, -0.15) is 13.2 Å². The van der Waals surface area contributed by atoms with Gasteiger partial charge in [-0.05, 0) is 61.9 Å². The summed E-state index contributed by atoms with van der Waals surface area (Å²) >= 11 is 0. The molecule has 4 rings (SSSR count). The number of methoxy groups -OCH3 is 2. The van der Waals surface area contributed by atoms with Gasteiger partial charge in [0.05, 0.1) is 41.6 Å². The molecule has 4 N–H and O–H groups in total. The van der Waals surface area contributed by atoms with Gasteiger partial charge in [0, 0.05) is 56.5 Å². The molecule has 3 aromatic rings. The molecule has 1 saturated carbocycles. The smallest absolute Gasteiger partial charge is 0.406 e. The summed E-state index contributed by atoms with van der Waals surface area (Å²) in [5, 5.41) is 12.2. The predicted molar refractivity (Wildman–Crippen MR) is 173 cm³/mol. The second-order valence-corrected chi connectivity index (χ2v) is 12.8. The number of halogens is 4. The molecule has 0 aliphatic heterocycles. The first-order valence-electron chi connectivity index (χ1n) is 15.2. The Bertz CT molecular complexity index is 1640. The first kappa shape index (κ1) is 36.3. The van der Waals surface area contributed by atoms with E-state index >= 15 is 0 Å². The first-order valence-corrected chi connectivity index (χ1v) is 16.7. The summed E-state index contributed by atoms with van der Waals surface area (Å²) < 4.78 is 93.9. The van der Waals surface area contributed by atoms with E-state index in [-0.39, 0.29) is 34.6 Å². The fourth-order valence-electron chi connectivity index (χ4n) is 5.84. The Hall–Kier alpha value is -3.55. The van der Waals surface area contributed by atoms with Crippen LogP contribution in [-0.2, 0) is 26.0 Å². The quantitative estimate of drug-likeness (QED) is 0.152. The number of benzene rings is 2. The normalized spacial score (nSPS) is 17.0. The van der Waals surface area contributed by atoms with Crippen LogP contribution in [0.5, 0.6) is 5.75 Å². The van der Waals surface area contributed by atoms with Crippen molar-refractivity contribution in [3.63, 3.8) is 0 Å². The fourth-order valence-corrected chi connectivity index (χ4v) is 6.37. The Labute approximate surface area is 272 Å². The number of nitrogens with two attached hydrogens (primary N) is 1. The number of fused-ring (bicyclic) bond motifs is 1. The second kappa shape index (κ2) is 16.5. The summed E-state index contributed by atoms with van der Waals surface area (Å²) in [6.07, 6.45) is -0.716. The third kappa shape index (κ3) is 10.2. The van der Waals surface area contributed by atoms with Crippen molar-refractivity contribution < 1.29 is 40.2 Å². The van der Waals surface area contributed by atoms with Crippen molar-refractivity contribution in [1.82, 2.24) is 9.47 Å². The molecule has 10 nitrogen and oxygen atoms in total. The van der Waals surface area contributed by atoms with E-state index in [2.05, 4.69) is 27.4 Å². The van der Waals surface area contributed by atoms with E-state index in [1.807, 2.05) is 6.07 Å². The highest BCUT2D eigenvalue weighted by molar-refractivity contribution is 7.89. The van der Waals surface area contributed by atoms with Crippen molar-refractivity contribution in [2.24, 2.45) is 5.14 Å². The molecule has 1 heterocycles. The van der Waals surface area contributed by atoms with Crippen LogP contribution in [0.15, 0.2) is 47.4 Å². The zero-order valence-electron chi connectivity index (χ0n) is 26.4. The molecule has 47 heavy (non-hydrogen) atoms. The predicted octanol–water partition coefficient (Wildman–Crippen LogP) is 4.94. The number of primary sulfonamides is 1. The molecule has 1 aliphatic rings. The lowest BCUT2D eigenvalue weighted by Gasteiger charge is -2.37. The second-order valence-electron chi connectivity index (χ2n) is 11.3. The number of hydrogen-bond donors (Lipinski definition) is 3. The highest BCUT2D eigenvalue weighted by Crippen LogP contribution is 2.33. The van der Waals surface area contributed by atoms with Crippen LogP contribution in [0.25, 0.3) is 10.9 Å². The molecule has 1 aliphatic carbocycles. The highest BCUT2D eigenvalue weighted by atomic mass is 32.2. The highest BCUT2D eigenvalue weighted by Gasteiger charge is 2.30. The van der Waals surface area contributed by atoms with Crippen LogP contribution >= 0.6 is 0 Å². The molecule has 0 atom stereocenters. The molecular formula is C32H41F4N5O5S. The molecule has 0 bridgehead atoms. The molecule has 0 saturated heterocycles. The number of aromatic nitrogens is 1. The summed E-state index contributed by atoms with van der Waals surface area (Å²) in [6, 6.07) is 11.1. The monoisotopic (exact) mass is 683 g/mol. The van der Waals surface area contributed by atoms with E-state index in [1.165, 1.54) is 12.1 Å². The molecule has 0 unspecified atom stereocenters. The summed E-state index contributed by atoms with van der Waals surface area (Å²) in [5.74, 6) is 5.54. The van der Waals surface area contributed by atoms with Gasteiger partial charge >= 0.3 is 6.18 Å². The number of rotatable bonds is 15. The lowest BCUT2D eigenvalue weighted by atomic mass is 9.89. The van der Waals surface area contributed by atoms with Crippen LogP contribution in [-0.4, -0.2) is 90.1 Å². The molecule has 15 heteroatoms. The van der Waals surface area contributed by atoms with E-state index < -0.39 is 29.6 Å². The van der Waals surface area contributed by atoms with E-state index in [0.29, 0.717) is 30.2 Å². The maximum absolute atomic E-state index is 13.7. The van der Waals surface area contributed by atoms with E-state index in [4.69, 9.17) is 19.3 Å². The topological polar surface area (TPSA) is 120 Å². The Kier molecular flexibility index (Phi) is 12.8. The van der Waals surface area contributed by atoms with E-state index in [1.54, 1.807) is 32.4 Å². The Morgan fingerprint density at radius 3 is 2.34 bits per heavy atom. The zero-order chi connectivity index (χ0) is 34.0. The minimum Gasteiger partial charge on any atom is -0.461 e. The largest absolute Gasteiger partial charge is 0.461 e. The van der Waals surface area contributed by atoms with Gasteiger partial charge in [0.15, 0.2) is 0 Å². The Morgan fingerprint density at radius 1 is 1.02 bits per heavy atom. The molecule has 258 valence electrons. The molecule has 0 amide bonds. The van der Waals surface area contributed by atoms with Crippen molar-refractivity contribution in [1.29, 1.82) is 0 Å². The number of anilines is 2. The third-order valence-corrected chi connectivity index (χ3v) is 9.01.